The molecule has 0 spiro atoms. The molecular weight excluding hydrogens is 412 g/mol. The summed E-state index contributed by atoms with van der Waals surface area (Å²) in [6, 6.07) is 14.4. The van der Waals surface area contributed by atoms with Gasteiger partial charge in [-0.3, -0.25) is 19.0 Å². The van der Waals surface area contributed by atoms with Crippen molar-refractivity contribution in [2.75, 3.05) is 13.1 Å². The lowest BCUT2D eigenvalue weighted by molar-refractivity contribution is 0.0912. The molecule has 29 heavy (non-hydrogen) atoms. The van der Waals surface area contributed by atoms with Crippen molar-refractivity contribution < 1.29 is 9.59 Å². The van der Waals surface area contributed by atoms with Crippen molar-refractivity contribution in [3.05, 3.63) is 85.9 Å². The number of amides is 2. The fourth-order valence-corrected chi connectivity index (χ4v) is 3.56. The molecule has 4 N–H and O–H groups in total. The number of carbonyl (C=O) groups is 2. The molecule has 2 aromatic heterocycles. The number of nitrogens with two attached hydrogens (primary N) is 1. The quantitative estimate of drug-likeness (QED) is 0.533. The van der Waals surface area contributed by atoms with Crippen LogP contribution in [0, 0.1) is 0 Å². The van der Waals surface area contributed by atoms with Crippen LogP contribution in [0.1, 0.15) is 20.0 Å². The minimum absolute atomic E-state index is 0.154. The lowest BCUT2D eigenvalue weighted by Crippen LogP contribution is -2.47. The summed E-state index contributed by atoms with van der Waals surface area (Å²) >= 11 is 7.01. The van der Waals surface area contributed by atoms with Crippen molar-refractivity contribution in [2.45, 2.75) is 6.04 Å². The first-order chi connectivity index (χ1) is 14.0. The zero-order chi connectivity index (χ0) is 20.8. The lowest BCUT2D eigenvalue weighted by atomic mass is 10.2. The fraction of sp³-hybridized carbons (Fsp3) is 0.150. The van der Waals surface area contributed by atoms with E-state index in [1.807, 2.05) is 0 Å². The van der Waals surface area contributed by atoms with Gasteiger partial charge in [-0.05, 0) is 42.5 Å². The molecule has 9 heteroatoms. The molecule has 0 saturated heterocycles. The van der Waals surface area contributed by atoms with Crippen LogP contribution in [0.25, 0.3) is 5.69 Å². The second-order valence-corrected chi connectivity index (χ2v) is 7.89. The summed E-state index contributed by atoms with van der Waals surface area (Å²) in [5.41, 5.74) is 6.65. The molecule has 0 fully saturated rings. The van der Waals surface area contributed by atoms with Gasteiger partial charge in [0, 0.05) is 36.6 Å². The maximum atomic E-state index is 12.4. The maximum Gasteiger partial charge on any atom is 0.261 e. The molecule has 2 amide bonds. The topological polar surface area (TPSA) is 106 Å². The first kappa shape index (κ1) is 20.8. The van der Waals surface area contributed by atoms with E-state index < -0.39 is 6.04 Å². The zero-order valence-electron chi connectivity index (χ0n) is 15.3. The van der Waals surface area contributed by atoms with E-state index >= 15 is 0 Å². The Morgan fingerprint density at radius 2 is 1.83 bits per heavy atom. The van der Waals surface area contributed by atoms with E-state index in [1.165, 1.54) is 22.0 Å². The molecule has 1 unspecified atom stereocenters. The summed E-state index contributed by atoms with van der Waals surface area (Å²) in [5.74, 6) is -0.590. The molecule has 0 aliphatic rings. The number of nitrogens with one attached hydrogen (secondary N) is 2. The molecule has 1 atom stereocenters. The van der Waals surface area contributed by atoms with Crippen LogP contribution in [0.3, 0.4) is 0 Å². The van der Waals surface area contributed by atoms with Crippen LogP contribution in [-0.4, -0.2) is 35.5 Å². The largest absolute Gasteiger partial charge is 0.350 e. The average Bonchev–Trinajstić information content (AvgIpc) is 3.17. The third kappa shape index (κ3) is 5.32. The van der Waals surface area contributed by atoms with Crippen molar-refractivity contribution in [1.82, 2.24) is 15.2 Å². The summed E-state index contributed by atoms with van der Waals surface area (Å²) < 4.78 is 2.01. The summed E-state index contributed by atoms with van der Waals surface area (Å²) in [7, 11) is 0. The second kappa shape index (κ2) is 9.51. The van der Waals surface area contributed by atoms with Crippen LogP contribution in [0.15, 0.2) is 65.6 Å². The number of benzene rings is 1. The van der Waals surface area contributed by atoms with E-state index in [9.17, 15) is 14.4 Å². The highest BCUT2D eigenvalue weighted by atomic mass is 35.5. The summed E-state index contributed by atoms with van der Waals surface area (Å²) in [5, 5.41) is 5.53. The van der Waals surface area contributed by atoms with Crippen LogP contribution in [0.2, 0.25) is 4.34 Å². The van der Waals surface area contributed by atoms with Gasteiger partial charge in [0.1, 0.15) is 0 Å². The smallest absolute Gasteiger partial charge is 0.261 e. The standard InChI is InChI=1S/C20H19ClN4O3S/c21-17-9-8-16(29-17)20(28)24-14(11-22)12-23-19(27)13-4-6-15(7-5-13)25-10-2-1-3-18(25)26/h1-10,14H,11-12,22H2,(H,23,27)(H,24,28). The van der Waals surface area contributed by atoms with E-state index in [0.717, 1.165) is 0 Å². The number of hydrogen-bond donors (Lipinski definition) is 3. The van der Waals surface area contributed by atoms with Crippen molar-refractivity contribution in [2.24, 2.45) is 5.73 Å². The van der Waals surface area contributed by atoms with Gasteiger partial charge in [-0.1, -0.05) is 17.7 Å². The highest BCUT2D eigenvalue weighted by Gasteiger charge is 2.15. The number of halogens is 1. The Balaban J connectivity index is 1.58. The fourth-order valence-electron chi connectivity index (χ4n) is 2.62. The van der Waals surface area contributed by atoms with Gasteiger partial charge < -0.3 is 16.4 Å². The Labute approximate surface area is 176 Å². The van der Waals surface area contributed by atoms with Gasteiger partial charge in [-0.25, -0.2) is 0 Å². The Morgan fingerprint density at radius 3 is 2.45 bits per heavy atom. The third-order valence-electron chi connectivity index (χ3n) is 4.16. The number of hydrogen-bond acceptors (Lipinski definition) is 5. The van der Waals surface area contributed by atoms with E-state index in [0.29, 0.717) is 20.5 Å². The Bertz CT molecular complexity index is 1060. The molecule has 0 aliphatic heterocycles. The van der Waals surface area contributed by atoms with Gasteiger partial charge in [0.25, 0.3) is 17.4 Å². The molecule has 1 aromatic carbocycles. The zero-order valence-corrected chi connectivity index (χ0v) is 16.9. The molecule has 0 aliphatic carbocycles. The van der Waals surface area contributed by atoms with Gasteiger partial charge in [0.15, 0.2) is 0 Å². The van der Waals surface area contributed by atoms with Crippen molar-refractivity contribution >= 4 is 34.8 Å². The number of carbonyl (C=O) groups excluding carboxylic acids is 2. The number of thiophene rings is 1. The van der Waals surface area contributed by atoms with E-state index in [4.69, 9.17) is 17.3 Å². The van der Waals surface area contributed by atoms with Crippen molar-refractivity contribution in [1.29, 1.82) is 0 Å². The summed E-state index contributed by atoms with van der Waals surface area (Å²) in [6.45, 7) is 0.348. The Morgan fingerprint density at radius 1 is 1.07 bits per heavy atom. The molecule has 2 heterocycles. The average molecular weight is 431 g/mol. The van der Waals surface area contributed by atoms with Gasteiger partial charge in [0.05, 0.1) is 15.3 Å². The highest BCUT2D eigenvalue weighted by Crippen LogP contribution is 2.21. The summed E-state index contributed by atoms with van der Waals surface area (Å²) in [4.78, 5) is 36.9. The molecule has 0 radical (unpaired) electrons. The van der Waals surface area contributed by atoms with E-state index in [2.05, 4.69) is 10.6 Å². The lowest BCUT2D eigenvalue weighted by Gasteiger charge is -2.17. The van der Waals surface area contributed by atoms with Gasteiger partial charge in [-0.15, -0.1) is 11.3 Å². The van der Waals surface area contributed by atoms with Crippen molar-refractivity contribution in [3.8, 4) is 5.69 Å². The predicted octanol–water partition coefficient (Wildman–Crippen LogP) is 2.04. The molecule has 0 bridgehead atoms. The molecular formula is C20H19ClN4O3S. The van der Waals surface area contributed by atoms with Crippen LogP contribution in [0.5, 0.6) is 0 Å². The Hall–Kier alpha value is -2.94. The maximum absolute atomic E-state index is 12.4. The predicted molar refractivity (Wildman–Crippen MR) is 114 cm³/mol. The number of nitrogens with zero attached hydrogens (tertiary/aromatic N) is 1. The second-order valence-electron chi connectivity index (χ2n) is 6.18. The van der Waals surface area contributed by atoms with E-state index in [1.54, 1.807) is 54.7 Å². The van der Waals surface area contributed by atoms with Crippen LogP contribution in [0.4, 0.5) is 0 Å². The number of pyridine rings is 1. The molecule has 3 rings (SSSR count). The molecule has 3 aromatic rings. The first-order valence-electron chi connectivity index (χ1n) is 8.80. The van der Waals surface area contributed by atoms with Crippen LogP contribution < -0.4 is 21.9 Å². The van der Waals surface area contributed by atoms with E-state index in [-0.39, 0.29) is 30.5 Å². The molecule has 0 saturated carbocycles. The first-order valence-corrected chi connectivity index (χ1v) is 10.00. The minimum Gasteiger partial charge on any atom is -0.350 e. The monoisotopic (exact) mass is 430 g/mol. The number of rotatable bonds is 7. The van der Waals surface area contributed by atoms with Gasteiger partial charge in [0.2, 0.25) is 0 Å². The minimum atomic E-state index is -0.422. The summed E-state index contributed by atoms with van der Waals surface area (Å²) in [6.07, 6.45) is 1.66. The molecule has 7 nitrogen and oxygen atoms in total. The van der Waals surface area contributed by atoms with Crippen LogP contribution in [-0.2, 0) is 0 Å². The SMILES string of the molecule is NCC(CNC(=O)c1ccc(-n2ccccc2=O)cc1)NC(=O)c1ccc(Cl)s1. The third-order valence-corrected chi connectivity index (χ3v) is 5.39. The highest BCUT2D eigenvalue weighted by molar-refractivity contribution is 7.18. The Kier molecular flexibility index (Phi) is 6.82. The molecule has 150 valence electrons. The normalized spacial score (nSPS) is 11.7. The number of aromatic nitrogens is 1. The van der Waals surface area contributed by atoms with Gasteiger partial charge >= 0.3 is 0 Å². The van der Waals surface area contributed by atoms with Gasteiger partial charge in [-0.2, -0.15) is 0 Å². The van der Waals surface area contributed by atoms with Crippen LogP contribution >= 0.6 is 22.9 Å². The van der Waals surface area contributed by atoms with Crippen molar-refractivity contribution in [3.63, 3.8) is 0 Å².